The van der Waals surface area contributed by atoms with Crippen LogP contribution in [0.3, 0.4) is 0 Å². The molecule has 3 atom stereocenters. The molecule has 14 heteroatoms. The largest absolute Gasteiger partial charge is 0.519 e. The second-order valence-electron chi connectivity index (χ2n) is 14.2. The molecule has 1 aromatic carbocycles. The Bertz CT molecular complexity index is 1520. The molecule has 1 aromatic heterocycles. The van der Waals surface area contributed by atoms with Crippen LogP contribution in [0.2, 0.25) is 0 Å². The van der Waals surface area contributed by atoms with Crippen LogP contribution in [0.1, 0.15) is 127 Å². The summed E-state index contributed by atoms with van der Waals surface area (Å²) >= 11 is 0. The fraction of sp³-hybridized carbons (Fsp3) is 0.667. The van der Waals surface area contributed by atoms with Crippen molar-refractivity contribution in [3.8, 4) is 5.75 Å². The van der Waals surface area contributed by atoms with Crippen LogP contribution >= 0.6 is 0 Å². The topological polar surface area (TPSA) is 164 Å². The molecule has 1 unspecified atom stereocenters. The second kappa shape index (κ2) is 26.0. The smallest absolute Gasteiger partial charge is 0.494 e. The van der Waals surface area contributed by atoms with Gasteiger partial charge in [-0.25, -0.2) is 23.2 Å². The predicted octanol–water partition coefficient (Wildman–Crippen LogP) is 7.94. The lowest BCUT2D eigenvalue weighted by Gasteiger charge is -2.32. The first kappa shape index (κ1) is 48.1. The number of nitrogens with one attached hydrogen (secondary N) is 1. The van der Waals surface area contributed by atoms with Crippen LogP contribution in [0, 0.1) is 12.8 Å². The molecule has 0 aliphatic heterocycles. The summed E-state index contributed by atoms with van der Waals surface area (Å²) in [6.45, 7) is 5.43. The summed E-state index contributed by atoms with van der Waals surface area (Å²) in [6.07, 6.45) is 11.4. The number of allylic oxidation sites excluding steroid dienone is 1. The standard InChI is InChI=1S/C42H63F2NO11/c1-6-8-10-14-17-24-41(43,44)25-18-15-12-11-13-16-19-34(42(50,26-28-51-4)39(48)54-30-36-31(3)55-40(49)56-36)37(46)45-35(38(47)52-5)29-32-20-22-33(23-21-32)53-27-9-7-2/h16,19-23,34-35,50H,6-15,17-18,24-30H2,1-5H3,(H,45,46)/b19-16+/t34?,35-,42-/m0/s1. The summed E-state index contributed by atoms with van der Waals surface area (Å²) < 4.78 is 59.7. The number of halogens is 2. The van der Waals surface area contributed by atoms with E-state index in [1.807, 2.05) is 0 Å². The third-order valence-electron chi connectivity index (χ3n) is 9.58. The summed E-state index contributed by atoms with van der Waals surface area (Å²) in [7, 11) is 2.54. The number of rotatable bonds is 30. The van der Waals surface area contributed by atoms with Crippen molar-refractivity contribution in [3.63, 3.8) is 0 Å². The van der Waals surface area contributed by atoms with Gasteiger partial charge in [0, 0.05) is 39.4 Å². The third-order valence-corrected chi connectivity index (χ3v) is 9.58. The van der Waals surface area contributed by atoms with E-state index in [1.165, 1.54) is 27.2 Å². The minimum atomic E-state index is -2.68. The monoisotopic (exact) mass is 795 g/mol. The first-order valence-electron chi connectivity index (χ1n) is 19.9. The number of amides is 1. The van der Waals surface area contributed by atoms with Crippen molar-refractivity contribution in [2.24, 2.45) is 5.92 Å². The first-order valence-corrected chi connectivity index (χ1v) is 19.9. The van der Waals surface area contributed by atoms with Crippen LogP contribution in [0.4, 0.5) is 8.78 Å². The lowest BCUT2D eigenvalue weighted by molar-refractivity contribution is -0.176. The molecule has 1 amide bonds. The Morgan fingerprint density at radius 2 is 1.52 bits per heavy atom. The number of carbonyl (C=O) groups excluding carboxylic acids is 3. The van der Waals surface area contributed by atoms with Gasteiger partial charge in [0.25, 0.3) is 0 Å². The van der Waals surface area contributed by atoms with E-state index in [0.29, 0.717) is 56.4 Å². The number of benzene rings is 1. The molecule has 2 N–H and O–H groups in total. The molecule has 0 fully saturated rings. The van der Waals surface area contributed by atoms with Crippen LogP contribution in [-0.4, -0.2) is 68.0 Å². The van der Waals surface area contributed by atoms with Gasteiger partial charge in [0.15, 0.2) is 23.7 Å². The predicted molar refractivity (Wildman–Crippen MR) is 206 cm³/mol. The van der Waals surface area contributed by atoms with Crippen molar-refractivity contribution >= 4 is 17.8 Å². The number of hydrogen-bond donors (Lipinski definition) is 2. The number of aryl methyl sites for hydroxylation is 1. The van der Waals surface area contributed by atoms with Crippen LogP contribution < -0.4 is 15.9 Å². The maximum Gasteiger partial charge on any atom is 0.519 e. The SMILES string of the molecule is CCCCCCCC(F)(F)CCCCCC/C=C/C(C(=O)N[C@@H](Cc1ccc(OCCCC)cc1)C(=O)OC)[C@@](O)(CCOC)C(=O)OCc1oc(=O)oc1C. The van der Waals surface area contributed by atoms with Gasteiger partial charge >= 0.3 is 17.8 Å². The maximum atomic E-state index is 14.3. The molecule has 0 aliphatic carbocycles. The zero-order chi connectivity index (χ0) is 41.4. The highest BCUT2D eigenvalue weighted by Crippen LogP contribution is 2.30. The van der Waals surface area contributed by atoms with E-state index in [9.17, 15) is 33.1 Å². The summed E-state index contributed by atoms with van der Waals surface area (Å²) in [6, 6.07) is 5.85. The summed E-state index contributed by atoms with van der Waals surface area (Å²) in [5.74, 6) is -7.43. The van der Waals surface area contributed by atoms with Gasteiger partial charge in [0.1, 0.15) is 11.8 Å². The highest BCUT2D eigenvalue weighted by atomic mass is 19.3. The normalized spacial score (nSPS) is 13.9. The number of ether oxygens (including phenoxy) is 4. The summed E-state index contributed by atoms with van der Waals surface area (Å²) in [4.78, 5) is 52.2. The minimum Gasteiger partial charge on any atom is -0.494 e. The van der Waals surface area contributed by atoms with E-state index < -0.39 is 53.8 Å². The van der Waals surface area contributed by atoms with Crippen molar-refractivity contribution in [2.45, 2.75) is 148 Å². The van der Waals surface area contributed by atoms with Crippen LogP contribution in [-0.2, 0) is 41.6 Å². The van der Waals surface area contributed by atoms with E-state index in [4.69, 9.17) is 27.8 Å². The van der Waals surface area contributed by atoms with Crippen molar-refractivity contribution in [1.82, 2.24) is 5.32 Å². The first-order chi connectivity index (χ1) is 26.8. The van der Waals surface area contributed by atoms with Gasteiger partial charge in [-0.05, 0) is 56.7 Å². The van der Waals surface area contributed by atoms with Gasteiger partial charge in [-0.2, -0.15) is 0 Å². The Hall–Kier alpha value is -4.04. The molecular weight excluding hydrogens is 732 g/mol. The zero-order valence-electron chi connectivity index (χ0n) is 33.8. The van der Waals surface area contributed by atoms with Crippen LogP contribution in [0.5, 0.6) is 5.75 Å². The van der Waals surface area contributed by atoms with Gasteiger partial charge < -0.3 is 38.2 Å². The Morgan fingerprint density at radius 1 is 0.875 bits per heavy atom. The van der Waals surface area contributed by atoms with Gasteiger partial charge in [-0.15, -0.1) is 0 Å². The molecule has 0 saturated heterocycles. The quantitative estimate of drug-likeness (QED) is 0.0448. The molecule has 0 saturated carbocycles. The molecular formula is C42H63F2NO11. The van der Waals surface area contributed by atoms with E-state index >= 15 is 0 Å². The van der Waals surface area contributed by atoms with Crippen molar-refractivity contribution < 1.29 is 56.1 Å². The maximum absolute atomic E-state index is 14.3. The van der Waals surface area contributed by atoms with Crippen LogP contribution in [0.15, 0.2) is 50.0 Å². The Kier molecular flexibility index (Phi) is 22.3. The average molecular weight is 796 g/mol. The van der Waals surface area contributed by atoms with E-state index in [0.717, 1.165) is 38.5 Å². The number of esters is 2. The second-order valence-corrected chi connectivity index (χ2v) is 14.2. The molecule has 1 heterocycles. The highest BCUT2D eigenvalue weighted by Gasteiger charge is 2.48. The van der Waals surface area contributed by atoms with E-state index in [1.54, 1.807) is 30.3 Å². The van der Waals surface area contributed by atoms with Gasteiger partial charge in [-0.1, -0.05) is 83.1 Å². The fourth-order valence-corrected chi connectivity index (χ4v) is 6.10. The van der Waals surface area contributed by atoms with Gasteiger partial charge in [0.05, 0.1) is 19.6 Å². The van der Waals surface area contributed by atoms with Crippen molar-refractivity contribution in [2.75, 3.05) is 27.4 Å². The third kappa shape index (κ3) is 17.4. The molecule has 0 radical (unpaired) electrons. The number of unbranched alkanes of at least 4 members (excludes halogenated alkanes) is 9. The molecule has 2 rings (SSSR count). The number of carbonyl (C=O) groups is 3. The van der Waals surface area contributed by atoms with E-state index in [2.05, 4.69) is 19.2 Å². The Balaban J connectivity index is 2.22. The lowest BCUT2D eigenvalue weighted by Crippen LogP contribution is -2.55. The zero-order valence-corrected chi connectivity index (χ0v) is 33.8. The number of hydrogen-bond acceptors (Lipinski definition) is 11. The molecule has 0 aliphatic rings. The molecule has 12 nitrogen and oxygen atoms in total. The Morgan fingerprint density at radius 3 is 2.11 bits per heavy atom. The fourth-order valence-electron chi connectivity index (χ4n) is 6.10. The molecule has 2 aromatic rings. The highest BCUT2D eigenvalue weighted by molar-refractivity contribution is 5.93. The number of alkyl halides is 2. The van der Waals surface area contributed by atoms with Crippen molar-refractivity contribution in [3.05, 3.63) is 64.1 Å². The van der Waals surface area contributed by atoms with Gasteiger partial charge in [0.2, 0.25) is 11.8 Å². The van der Waals surface area contributed by atoms with E-state index in [-0.39, 0.29) is 43.8 Å². The molecule has 56 heavy (non-hydrogen) atoms. The molecule has 0 bridgehead atoms. The number of aliphatic hydroxyl groups is 1. The van der Waals surface area contributed by atoms with Gasteiger partial charge in [-0.3, -0.25) is 4.79 Å². The average Bonchev–Trinajstić information content (AvgIpc) is 3.50. The van der Waals surface area contributed by atoms with Crippen molar-refractivity contribution in [1.29, 1.82) is 0 Å². The summed E-state index contributed by atoms with van der Waals surface area (Å²) in [5.41, 5.74) is -1.82. The lowest BCUT2D eigenvalue weighted by atomic mass is 9.82. The minimum absolute atomic E-state index is 0.0295. The molecule has 0 spiro atoms. The summed E-state index contributed by atoms with van der Waals surface area (Å²) in [5, 5.41) is 14.6. The Labute approximate surface area is 329 Å². The molecule has 316 valence electrons. The van der Waals surface area contributed by atoms with Crippen LogP contribution in [0.25, 0.3) is 0 Å². The number of methoxy groups -OCH3 is 2.